The van der Waals surface area contributed by atoms with E-state index in [0.29, 0.717) is 49.9 Å². The number of aliphatic hydroxyl groups is 1. The highest BCUT2D eigenvalue weighted by molar-refractivity contribution is 5.85. The molecule has 15 heteroatoms. The second kappa shape index (κ2) is 19.3. The Morgan fingerprint density at radius 1 is 0.672 bits per heavy atom. The van der Waals surface area contributed by atoms with E-state index in [2.05, 4.69) is 64.6 Å². The fourth-order valence-corrected chi connectivity index (χ4v) is 8.82. The third-order valence-electron chi connectivity index (χ3n) is 12.2. The normalized spacial score (nSPS) is 20.0. The first-order chi connectivity index (χ1) is 29.4. The standard InChI is InChI=1S/C24H32N4O3.C22H26F2N4O2/c1-16-3-5-19-6-4-17(10-20(19)9-16)12-26-24(31)28(21-7-8-21)22-11-18(15-29)13-27(14-22)23(30)25-2;1-25-21(29)27-8-2-3-18(13-27)28(17-6-7-17)22(30)26-12-14-4-5-15-10-16(23)11-20(24)19(15)9-14/h3-6,9-10,18,21-22,29H,7-8,11-15H2,1-2H3,(H,25,30)(H,26,31);4-5,9-11,17-18H,2-3,6-8,12-13H2,1H3,(H,25,29)(H,26,30). The van der Waals surface area contributed by atoms with Gasteiger partial charge in [0.15, 0.2) is 0 Å². The van der Waals surface area contributed by atoms with Crippen LogP contribution in [0.5, 0.6) is 0 Å². The van der Waals surface area contributed by atoms with Crippen molar-refractivity contribution < 1.29 is 33.1 Å². The Bertz CT molecular complexity index is 2240. The number of halogens is 2. The lowest BCUT2D eigenvalue weighted by Crippen LogP contribution is -2.58. The number of aliphatic hydroxyl groups excluding tert-OH is 1. The molecule has 2 saturated carbocycles. The molecule has 2 heterocycles. The number of amides is 8. The average molecular weight is 841 g/mol. The maximum atomic E-state index is 14.1. The molecule has 3 atom stereocenters. The van der Waals surface area contributed by atoms with Crippen molar-refractivity contribution in [2.45, 2.75) is 89.1 Å². The fraction of sp³-hybridized carbons (Fsp3) is 0.478. The lowest BCUT2D eigenvalue weighted by Gasteiger charge is -2.42. The minimum Gasteiger partial charge on any atom is -0.396 e. The van der Waals surface area contributed by atoms with E-state index >= 15 is 0 Å². The highest BCUT2D eigenvalue weighted by atomic mass is 19.1. The molecule has 4 fully saturated rings. The van der Waals surface area contributed by atoms with Crippen LogP contribution in [-0.2, 0) is 13.1 Å². The number of piperidine rings is 2. The van der Waals surface area contributed by atoms with Crippen LogP contribution in [0.3, 0.4) is 0 Å². The number of hydrogen-bond donors (Lipinski definition) is 5. The van der Waals surface area contributed by atoms with E-state index < -0.39 is 11.6 Å². The molecule has 4 aromatic carbocycles. The predicted octanol–water partition coefficient (Wildman–Crippen LogP) is 6.44. The predicted molar refractivity (Wildman–Crippen MR) is 231 cm³/mol. The van der Waals surface area contributed by atoms with Crippen LogP contribution in [0.15, 0.2) is 66.7 Å². The summed E-state index contributed by atoms with van der Waals surface area (Å²) in [6.45, 7) is 5.03. The van der Waals surface area contributed by atoms with E-state index in [4.69, 9.17) is 0 Å². The summed E-state index contributed by atoms with van der Waals surface area (Å²) < 4.78 is 27.4. The van der Waals surface area contributed by atoms with Gasteiger partial charge in [0, 0.05) is 89.4 Å². The number of hydrogen-bond acceptors (Lipinski definition) is 5. The highest BCUT2D eigenvalue weighted by Crippen LogP contribution is 2.34. The molecule has 0 spiro atoms. The summed E-state index contributed by atoms with van der Waals surface area (Å²) in [7, 11) is 3.22. The van der Waals surface area contributed by atoms with E-state index in [-0.39, 0.29) is 67.4 Å². The summed E-state index contributed by atoms with van der Waals surface area (Å²) in [5.74, 6) is -1.25. The number of benzene rings is 4. The zero-order valence-corrected chi connectivity index (χ0v) is 35.3. The monoisotopic (exact) mass is 840 g/mol. The Balaban J connectivity index is 0.000000184. The number of fused-ring (bicyclic) bond motifs is 2. The number of likely N-dealkylation sites (tertiary alicyclic amines) is 2. The molecule has 8 amide bonds. The first kappa shape index (κ1) is 43.4. The van der Waals surface area contributed by atoms with Crippen LogP contribution in [0.25, 0.3) is 21.5 Å². The Hall–Kier alpha value is -5.70. The van der Waals surface area contributed by atoms with Gasteiger partial charge >= 0.3 is 24.1 Å². The maximum absolute atomic E-state index is 14.1. The molecule has 0 aromatic heterocycles. The number of rotatable bonds is 9. The first-order valence-corrected chi connectivity index (χ1v) is 21.5. The molecule has 4 aromatic rings. The Morgan fingerprint density at radius 2 is 1.26 bits per heavy atom. The van der Waals surface area contributed by atoms with Crippen LogP contribution in [-0.4, -0.2) is 120 Å². The number of urea groups is 4. The van der Waals surface area contributed by atoms with Gasteiger partial charge in [-0.25, -0.2) is 28.0 Å². The summed E-state index contributed by atoms with van der Waals surface area (Å²) in [6.07, 6.45) is 6.35. The zero-order valence-electron chi connectivity index (χ0n) is 35.3. The second-order valence-corrected chi connectivity index (χ2v) is 16.9. The lowest BCUT2D eigenvalue weighted by molar-refractivity contribution is 0.0690. The number of carbonyl (C=O) groups is 4. The van der Waals surface area contributed by atoms with Crippen LogP contribution in [0.2, 0.25) is 0 Å². The van der Waals surface area contributed by atoms with Crippen LogP contribution < -0.4 is 21.3 Å². The largest absolute Gasteiger partial charge is 0.396 e. The number of nitrogens with zero attached hydrogens (tertiary/aromatic N) is 4. The SMILES string of the molecule is CNC(=O)N1CC(CO)CC(N(C(=O)NCc2ccc3ccc(C)cc3c2)C2CC2)C1.CNC(=O)N1CCCC(N(C(=O)NCc2ccc3cc(F)cc(F)c3c2)C2CC2)C1. The van der Waals surface area contributed by atoms with Crippen molar-refractivity contribution >= 4 is 45.7 Å². The zero-order chi connectivity index (χ0) is 43.2. The molecular formula is C46H58F2N8O5. The van der Waals surface area contributed by atoms with E-state index in [1.54, 1.807) is 42.1 Å². The maximum Gasteiger partial charge on any atom is 0.318 e. The molecule has 13 nitrogen and oxygen atoms in total. The van der Waals surface area contributed by atoms with Crippen molar-refractivity contribution in [2.75, 3.05) is 46.9 Å². The average Bonchev–Trinajstić information content (AvgIpc) is 4.22. The Kier molecular flexibility index (Phi) is 13.8. The molecule has 0 bridgehead atoms. The van der Waals surface area contributed by atoms with Gasteiger partial charge in [0.1, 0.15) is 11.6 Å². The van der Waals surface area contributed by atoms with Gasteiger partial charge in [-0.05, 0) is 97.4 Å². The van der Waals surface area contributed by atoms with Crippen molar-refractivity contribution in [1.82, 2.24) is 40.9 Å². The van der Waals surface area contributed by atoms with Crippen molar-refractivity contribution in [3.63, 3.8) is 0 Å². The summed E-state index contributed by atoms with van der Waals surface area (Å²) in [5, 5.41) is 24.3. The molecule has 2 aliphatic heterocycles. The van der Waals surface area contributed by atoms with E-state index in [1.165, 1.54) is 22.4 Å². The van der Waals surface area contributed by atoms with Crippen LogP contribution in [0.4, 0.5) is 28.0 Å². The molecule has 3 unspecified atom stereocenters. The summed E-state index contributed by atoms with van der Waals surface area (Å²) in [6, 6.07) is 19.6. The fourth-order valence-electron chi connectivity index (χ4n) is 8.82. The second-order valence-electron chi connectivity index (χ2n) is 16.9. The first-order valence-electron chi connectivity index (χ1n) is 21.5. The number of nitrogens with one attached hydrogen (secondary N) is 4. The van der Waals surface area contributed by atoms with E-state index in [0.717, 1.165) is 55.7 Å². The summed E-state index contributed by atoms with van der Waals surface area (Å²) in [4.78, 5) is 57.7. The van der Waals surface area contributed by atoms with Crippen LogP contribution in [0, 0.1) is 24.5 Å². The Morgan fingerprint density at radius 3 is 1.90 bits per heavy atom. The Labute approximate surface area is 355 Å². The molecular weight excluding hydrogens is 783 g/mol. The van der Waals surface area contributed by atoms with Crippen molar-refractivity contribution in [3.05, 3.63) is 95.1 Å². The van der Waals surface area contributed by atoms with E-state index in [9.17, 15) is 33.1 Å². The quantitative estimate of drug-likeness (QED) is 0.132. The van der Waals surface area contributed by atoms with Gasteiger partial charge in [0.05, 0.1) is 12.1 Å². The molecule has 61 heavy (non-hydrogen) atoms. The van der Waals surface area contributed by atoms with Gasteiger partial charge in [0.2, 0.25) is 0 Å². The summed E-state index contributed by atoms with van der Waals surface area (Å²) >= 11 is 0. The molecule has 8 rings (SSSR count). The number of carbonyl (C=O) groups excluding carboxylic acids is 4. The molecule has 2 saturated heterocycles. The third kappa shape index (κ3) is 10.8. The summed E-state index contributed by atoms with van der Waals surface area (Å²) in [5.41, 5.74) is 3.02. The van der Waals surface area contributed by atoms with Crippen molar-refractivity contribution in [3.8, 4) is 0 Å². The van der Waals surface area contributed by atoms with Crippen LogP contribution >= 0.6 is 0 Å². The minimum absolute atomic E-state index is 0.0134. The molecule has 2 aliphatic carbocycles. The van der Waals surface area contributed by atoms with Gasteiger partial charge in [0.25, 0.3) is 0 Å². The van der Waals surface area contributed by atoms with Gasteiger partial charge in [-0.2, -0.15) is 0 Å². The highest BCUT2D eigenvalue weighted by Gasteiger charge is 2.42. The van der Waals surface area contributed by atoms with Crippen LogP contribution in [0.1, 0.15) is 61.6 Å². The minimum atomic E-state index is -0.616. The molecule has 4 aliphatic rings. The van der Waals surface area contributed by atoms with Gasteiger partial charge in [-0.1, -0.05) is 48.0 Å². The van der Waals surface area contributed by atoms with Crippen molar-refractivity contribution in [1.29, 1.82) is 0 Å². The third-order valence-corrected chi connectivity index (χ3v) is 12.2. The van der Waals surface area contributed by atoms with Gasteiger partial charge in [-0.15, -0.1) is 0 Å². The number of aryl methyl sites for hydroxylation is 1. The molecule has 5 N–H and O–H groups in total. The van der Waals surface area contributed by atoms with E-state index in [1.807, 2.05) is 9.80 Å². The molecule has 326 valence electrons. The lowest BCUT2D eigenvalue weighted by atomic mass is 9.94. The molecule has 0 radical (unpaired) electrons. The smallest absolute Gasteiger partial charge is 0.318 e. The van der Waals surface area contributed by atoms with Crippen molar-refractivity contribution in [2.24, 2.45) is 5.92 Å². The topological polar surface area (TPSA) is 150 Å². The van der Waals surface area contributed by atoms with Gasteiger partial charge in [-0.3, -0.25) is 0 Å². The van der Waals surface area contributed by atoms with Gasteiger partial charge < -0.3 is 46.0 Å².